The SMILES string of the molecule is C[C@H]1CNCCN1C(=O)CNC(=O)C1c2ccccc2C(=O)N1C1CC1.Cl. The topological polar surface area (TPSA) is 81.8 Å². The van der Waals surface area contributed by atoms with E-state index in [1.54, 1.807) is 15.9 Å². The maximum absolute atomic E-state index is 12.9. The smallest absolute Gasteiger partial charge is 0.255 e. The Bertz CT molecular complexity index is 752. The Hall–Kier alpha value is -2.12. The van der Waals surface area contributed by atoms with Crippen LogP contribution in [0.15, 0.2) is 24.3 Å². The highest BCUT2D eigenvalue weighted by atomic mass is 35.5. The number of carbonyl (C=O) groups is 3. The molecule has 0 spiro atoms. The maximum Gasteiger partial charge on any atom is 0.255 e. The molecule has 0 aromatic heterocycles. The molecule has 1 saturated heterocycles. The second-order valence-corrected chi connectivity index (χ2v) is 7.29. The molecule has 2 atom stereocenters. The highest BCUT2D eigenvalue weighted by Gasteiger charge is 2.47. The van der Waals surface area contributed by atoms with Crippen LogP contribution in [0.5, 0.6) is 0 Å². The summed E-state index contributed by atoms with van der Waals surface area (Å²) in [6.45, 7) is 4.14. The van der Waals surface area contributed by atoms with Crippen LogP contribution in [0.3, 0.4) is 0 Å². The van der Waals surface area contributed by atoms with Gasteiger partial charge in [0.25, 0.3) is 5.91 Å². The van der Waals surface area contributed by atoms with Gasteiger partial charge in [-0.1, -0.05) is 18.2 Å². The van der Waals surface area contributed by atoms with Gasteiger partial charge < -0.3 is 20.4 Å². The molecule has 2 fully saturated rings. The molecule has 2 aliphatic heterocycles. The van der Waals surface area contributed by atoms with Crippen molar-refractivity contribution < 1.29 is 14.4 Å². The van der Waals surface area contributed by atoms with E-state index in [9.17, 15) is 14.4 Å². The van der Waals surface area contributed by atoms with Crippen LogP contribution in [0.2, 0.25) is 0 Å². The number of hydrogen-bond acceptors (Lipinski definition) is 4. The molecule has 1 saturated carbocycles. The molecular formula is C19H25ClN4O3. The van der Waals surface area contributed by atoms with Gasteiger partial charge in [-0.3, -0.25) is 14.4 Å². The molecule has 27 heavy (non-hydrogen) atoms. The lowest BCUT2D eigenvalue weighted by atomic mass is 10.0. The van der Waals surface area contributed by atoms with E-state index in [0.717, 1.165) is 31.5 Å². The van der Waals surface area contributed by atoms with Crippen LogP contribution in [0, 0.1) is 0 Å². The van der Waals surface area contributed by atoms with Crippen molar-refractivity contribution in [3.63, 3.8) is 0 Å². The Labute approximate surface area is 164 Å². The fourth-order valence-electron chi connectivity index (χ4n) is 3.91. The quantitative estimate of drug-likeness (QED) is 0.790. The maximum atomic E-state index is 12.9. The third-order valence-electron chi connectivity index (χ3n) is 5.42. The van der Waals surface area contributed by atoms with Gasteiger partial charge >= 0.3 is 0 Å². The van der Waals surface area contributed by atoms with Gasteiger partial charge in [0.2, 0.25) is 11.8 Å². The Morgan fingerprint density at radius 2 is 2.00 bits per heavy atom. The number of benzene rings is 1. The zero-order valence-corrected chi connectivity index (χ0v) is 16.1. The lowest BCUT2D eigenvalue weighted by molar-refractivity contribution is -0.136. The summed E-state index contributed by atoms with van der Waals surface area (Å²) in [6, 6.07) is 6.89. The molecule has 4 rings (SSSR count). The first-order chi connectivity index (χ1) is 12.6. The van der Waals surface area contributed by atoms with Crippen LogP contribution < -0.4 is 10.6 Å². The van der Waals surface area contributed by atoms with Crippen molar-refractivity contribution in [1.29, 1.82) is 0 Å². The molecule has 0 bridgehead atoms. The zero-order chi connectivity index (χ0) is 18.3. The first-order valence-electron chi connectivity index (χ1n) is 9.27. The minimum Gasteiger partial charge on any atom is -0.345 e. The molecule has 1 unspecified atom stereocenters. The molecule has 1 aliphatic carbocycles. The number of nitrogens with zero attached hydrogens (tertiary/aromatic N) is 2. The summed E-state index contributed by atoms with van der Waals surface area (Å²) < 4.78 is 0. The monoisotopic (exact) mass is 392 g/mol. The number of carbonyl (C=O) groups excluding carboxylic acids is 3. The van der Waals surface area contributed by atoms with Gasteiger partial charge in [-0.15, -0.1) is 12.4 Å². The Kier molecular flexibility index (Phi) is 5.72. The summed E-state index contributed by atoms with van der Waals surface area (Å²) in [5.41, 5.74) is 1.34. The summed E-state index contributed by atoms with van der Waals surface area (Å²) in [5, 5.41) is 6.02. The van der Waals surface area contributed by atoms with Crippen LogP contribution in [0.4, 0.5) is 0 Å². The minimum atomic E-state index is -0.626. The highest BCUT2D eigenvalue weighted by Crippen LogP contribution is 2.41. The molecule has 146 valence electrons. The number of amides is 3. The number of fused-ring (bicyclic) bond motifs is 1. The van der Waals surface area contributed by atoms with E-state index >= 15 is 0 Å². The number of rotatable bonds is 4. The highest BCUT2D eigenvalue weighted by molar-refractivity contribution is 6.05. The van der Waals surface area contributed by atoms with Crippen LogP contribution >= 0.6 is 12.4 Å². The molecule has 3 amide bonds. The molecule has 2 heterocycles. The molecule has 0 radical (unpaired) electrons. The normalized spacial score (nSPS) is 24.3. The van der Waals surface area contributed by atoms with Crippen LogP contribution in [-0.2, 0) is 9.59 Å². The fourth-order valence-corrected chi connectivity index (χ4v) is 3.91. The molecule has 3 aliphatic rings. The third-order valence-corrected chi connectivity index (χ3v) is 5.42. The second kappa shape index (κ2) is 7.86. The van der Waals surface area contributed by atoms with E-state index in [2.05, 4.69) is 10.6 Å². The predicted molar refractivity (Wildman–Crippen MR) is 103 cm³/mol. The van der Waals surface area contributed by atoms with Gasteiger partial charge in [-0.25, -0.2) is 0 Å². The van der Waals surface area contributed by atoms with Crippen molar-refractivity contribution in [2.45, 2.75) is 37.9 Å². The molecule has 1 aromatic carbocycles. The number of piperazine rings is 1. The summed E-state index contributed by atoms with van der Waals surface area (Å²) in [4.78, 5) is 41.5. The van der Waals surface area contributed by atoms with Crippen molar-refractivity contribution in [3.05, 3.63) is 35.4 Å². The Balaban J connectivity index is 0.00000210. The van der Waals surface area contributed by atoms with Gasteiger partial charge in [0, 0.05) is 37.3 Å². The number of hydrogen-bond donors (Lipinski definition) is 2. The van der Waals surface area contributed by atoms with E-state index in [1.165, 1.54) is 0 Å². The first-order valence-corrected chi connectivity index (χ1v) is 9.27. The van der Waals surface area contributed by atoms with E-state index in [4.69, 9.17) is 0 Å². The average molecular weight is 393 g/mol. The predicted octanol–water partition coefficient (Wildman–Crippen LogP) is 0.704. The standard InChI is InChI=1S/C19H24N4O3.ClH/c1-12-10-20-8-9-22(12)16(24)11-21-18(25)17-14-4-2-3-5-15(14)19(26)23(17)13-6-7-13;/h2-5,12-13,17,20H,6-11H2,1H3,(H,21,25);1H/t12-,17?;/m0./s1. The van der Waals surface area contributed by atoms with Gasteiger partial charge in [0.1, 0.15) is 6.04 Å². The summed E-state index contributed by atoms with van der Waals surface area (Å²) >= 11 is 0. The van der Waals surface area contributed by atoms with Crippen LogP contribution in [0.25, 0.3) is 0 Å². The van der Waals surface area contributed by atoms with Crippen molar-refractivity contribution in [3.8, 4) is 0 Å². The molecule has 8 heteroatoms. The summed E-state index contributed by atoms with van der Waals surface area (Å²) in [6.07, 6.45) is 1.86. The van der Waals surface area contributed by atoms with Crippen molar-refractivity contribution in [2.75, 3.05) is 26.2 Å². The Morgan fingerprint density at radius 3 is 2.70 bits per heavy atom. The lowest BCUT2D eigenvalue weighted by Gasteiger charge is -2.34. The van der Waals surface area contributed by atoms with Gasteiger partial charge in [0.05, 0.1) is 6.54 Å². The molecular weight excluding hydrogens is 368 g/mol. The molecule has 7 nitrogen and oxygen atoms in total. The van der Waals surface area contributed by atoms with E-state index in [0.29, 0.717) is 12.1 Å². The second-order valence-electron chi connectivity index (χ2n) is 7.29. The van der Waals surface area contributed by atoms with Gasteiger partial charge in [0.15, 0.2) is 0 Å². The van der Waals surface area contributed by atoms with E-state index < -0.39 is 6.04 Å². The third kappa shape index (κ3) is 3.66. The zero-order valence-electron chi connectivity index (χ0n) is 15.3. The summed E-state index contributed by atoms with van der Waals surface area (Å²) in [5.74, 6) is -0.431. The fraction of sp³-hybridized carbons (Fsp3) is 0.526. The van der Waals surface area contributed by atoms with Gasteiger partial charge in [-0.05, 0) is 31.4 Å². The van der Waals surface area contributed by atoms with Crippen molar-refractivity contribution in [2.24, 2.45) is 0 Å². The summed E-state index contributed by atoms with van der Waals surface area (Å²) in [7, 11) is 0. The van der Waals surface area contributed by atoms with E-state index in [-0.39, 0.29) is 48.8 Å². The largest absolute Gasteiger partial charge is 0.345 e. The van der Waals surface area contributed by atoms with Crippen molar-refractivity contribution >= 4 is 30.1 Å². The van der Waals surface area contributed by atoms with Crippen LogP contribution in [-0.4, -0.2) is 65.8 Å². The number of nitrogens with one attached hydrogen (secondary N) is 2. The Morgan fingerprint density at radius 1 is 1.26 bits per heavy atom. The minimum absolute atomic E-state index is 0. The van der Waals surface area contributed by atoms with Gasteiger partial charge in [-0.2, -0.15) is 0 Å². The molecule has 1 aromatic rings. The molecule has 2 N–H and O–H groups in total. The number of halogens is 1. The average Bonchev–Trinajstić information content (AvgIpc) is 3.44. The lowest BCUT2D eigenvalue weighted by Crippen LogP contribution is -2.55. The van der Waals surface area contributed by atoms with E-state index in [1.807, 2.05) is 25.1 Å². The van der Waals surface area contributed by atoms with Crippen LogP contribution in [0.1, 0.15) is 41.7 Å². The first kappa shape index (κ1) is 19.6. The van der Waals surface area contributed by atoms with Crippen molar-refractivity contribution in [1.82, 2.24) is 20.4 Å².